The first-order chi connectivity index (χ1) is 13.1. The lowest BCUT2D eigenvalue weighted by atomic mass is 9.97. The second-order valence-corrected chi connectivity index (χ2v) is 6.14. The second-order valence-electron chi connectivity index (χ2n) is 5.77. The highest BCUT2D eigenvalue weighted by atomic mass is 35.5. The van der Waals surface area contributed by atoms with Crippen LogP contribution in [0.3, 0.4) is 0 Å². The van der Waals surface area contributed by atoms with E-state index in [1.165, 1.54) is 17.1 Å². The Kier molecular flexibility index (Phi) is 6.82. The highest BCUT2D eigenvalue weighted by molar-refractivity contribution is 6.17. The van der Waals surface area contributed by atoms with Crippen LogP contribution in [-0.4, -0.2) is 89.2 Å². The van der Waals surface area contributed by atoms with Crippen LogP contribution in [0.4, 0.5) is 5.95 Å². The average Bonchev–Trinajstić information content (AvgIpc) is 3.16. The van der Waals surface area contributed by atoms with E-state index in [0.717, 1.165) is 0 Å². The number of rotatable bonds is 8. The molecule has 0 bridgehead atoms. The van der Waals surface area contributed by atoms with Crippen LogP contribution < -0.4 is 5.32 Å². The van der Waals surface area contributed by atoms with Crippen molar-refractivity contribution < 1.29 is 24.8 Å². The molecule has 12 nitrogen and oxygen atoms in total. The van der Waals surface area contributed by atoms with E-state index >= 15 is 0 Å². The minimum absolute atomic E-state index is 0.158. The van der Waals surface area contributed by atoms with Crippen molar-refractivity contribution in [2.75, 3.05) is 24.4 Å². The summed E-state index contributed by atoms with van der Waals surface area (Å²) in [6, 6.07) is -0.873. The molecule has 1 aliphatic heterocycles. The molecular formula is C14H20ClN7O5. The van der Waals surface area contributed by atoms with Gasteiger partial charge < -0.3 is 30.1 Å². The molecule has 148 valence electrons. The van der Waals surface area contributed by atoms with Crippen LogP contribution in [0.2, 0.25) is 0 Å². The Morgan fingerprint density at radius 3 is 2.81 bits per heavy atom. The Morgan fingerprint density at radius 2 is 2.11 bits per heavy atom. The highest BCUT2D eigenvalue weighted by Crippen LogP contribution is 2.30. The summed E-state index contributed by atoms with van der Waals surface area (Å²) < 4.78 is 12.4. The van der Waals surface area contributed by atoms with Crippen LogP contribution in [0.5, 0.6) is 0 Å². The Bertz CT molecular complexity index is 708. The molecule has 2 aromatic heterocycles. The molecule has 0 aliphatic carbocycles. The van der Waals surface area contributed by atoms with Gasteiger partial charge in [-0.05, 0) is 0 Å². The number of ether oxygens (including phenoxy) is 2. The second kappa shape index (κ2) is 9.30. The van der Waals surface area contributed by atoms with Crippen molar-refractivity contribution in [1.82, 2.24) is 30.2 Å². The monoisotopic (exact) mass is 401 g/mol. The largest absolute Gasteiger partial charge is 0.394 e. The molecule has 0 saturated carbocycles. The fraction of sp³-hybridized carbons (Fsp3) is 0.643. The molecule has 3 heterocycles. The molecule has 3 rings (SSSR count). The summed E-state index contributed by atoms with van der Waals surface area (Å²) in [5.41, 5.74) is 0.532. The number of anilines is 1. The van der Waals surface area contributed by atoms with Gasteiger partial charge in [0.1, 0.15) is 30.0 Å². The van der Waals surface area contributed by atoms with Crippen molar-refractivity contribution in [2.45, 2.75) is 37.2 Å². The maximum absolute atomic E-state index is 10.5. The molecule has 5 atom stereocenters. The smallest absolute Gasteiger partial charge is 0.243 e. The van der Waals surface area contributed by atoms with Crippen molar-refractivity contribution in [3.05, 3.63) is 24.3 Å². The maximum atomic E-state index is 10.5. The number of hydrogen-bond acceptors (Lipinski definition) is 11. The molecular weight excluding hydrogens is 382 g/mol. The van der Waals surface area contributed by atoms with E-state index in [0.29, 0.717) is 11.6 Å². The van der Waals surface area contributed by atoms with E-state index < -0.39 is 37.3 Å². The average molecular weight is 402 g/mol. The van der Waals surface area contributed by atoms with Gasteiger partial charge in [-0.15, -0.1) is 21.8 Å². The Labute approximate surface area is 159 Å². The predicted octanol–water partition coefficient (Wildman–Crippen LogP) is -1.69. The number of aliphatic hydroxyl groups excluding tert-OH is 3. The molecule has 0 amide bonds. The van der Waals surface area contributed by atoms with Gasteiger partial charge in [0, 0.05) is 5.88 Å². The summed E-state index contributed by atoms with van der Waals surface area (Å²) in [7, 11) is 0. The number of halogens is 1. The first kappa shape index (κ1) is 19.8. The van der Waals surface area contributed by atoms with E-state index in [4.69, 9.17) is 21.1 Å². The van der Waals surface area contributed by atoms with Crippen LogP contribution in [0, 0.1) is 0 Å². The van der Waals surface area contributed by atoms with E-state index in [1.54, 1.807) is 6.20 Å². The van der Waals surface area contributed by atoms with Crippen LogP contribution in [0.1, 0.15) is 11.7 Å². The standard InChI is InChI=1S/C14H20ClN7O5/c15-1-4-26-13-10(12(25)11(24)9(7-23)27-13)22-6-8(19-21-22)5-17-14-16-2-3-18-20-14/h2-3,6,9-13,23-25H,1,4-5,7H2,(H,16,17,20)/t9?,10?,11-,12?,13+/m1/s1. The lowest BCUT2D eigenvalue weighted by Gasteiger charge is -2.41. The van der Waals surface area contributed by atoms with Crippen molar-refractivity contribution in [2.24, 2.45) is 0 Å². The first-order valence-electron chi connectivity index (χ1n) is 8.22. The van der Waals surface area contributed by atoms with E-state index in [1.807, 2.05) is 0 Å². The molecule has 27 heavy (non-hydrogen) atoms. The van der Waals surface area contributed by atoms with Gasteiger partial charge in [0.25, 0.3) is 0 Å². The lowest BCUT2D eigenvalue weighted by Crippen LogP contribution is -2.57. The molecule has 0 radical (unpaired) electrons. The number of nitrogens with zero attached hydrogens (tertiary/aromatic N) is 6. The topological polar surface area (TPSA) is 161 Å². The summed E-state index contributed by atoms with van der Waals surface area (Å²) in [4.78, 5) is 3.99. The van der Waals surface area contributed by atoms with Crippen molar-refractivity contribution in [3.8, 4) is 0 Å². The van der Waals surface area contributed by atoms with Gasteiger partial charge in [-0.2, -0.15) is 5.10 Å². The zero-order chi connectivity index (χ0) is 19.2. The third-order valence-corrected chi connectivity index (χ3v) is 4.14. The van der Waals surface area contributed by atoms with Gasteiger partial charge in [0.05, 0.1) is 38.3 Å². The van der Waals surface area contributed by atoms with Gasteiger partial charge in [-0.25, -0.2) is 9.67 Å². The SMILES string of the molecule is OCC1O[C@H](OCCCl)C(n2cc(CNc3nccnn3)nn2)C(O)[C@@H]1O. The minimum atomic E-state index is -1.31. The van der Waals surface area contributed by atoms with Gasteiger partial charge in [-0.1, -0.05) is 5.21 Å². The molecule has 2 aromatic rings. The van der Waals surface area contributed by atoms with Crippen molar-refractivity contribution in [3.63, 3.8) is 0 Å². The van der Waals surface area contributed by atoms with E-state index in [9.17, 15) is 15.3 Å². The molecule has 4 N–H and O–H groups in total. The number of alkyl halides is 1. The third-order valence-electron chi connectivity index (χ3n) is 3.98. The maximum Gasteiger partial charge on any atom is 0.243 e. The summed E-state index contributed by atoms with van der Waals surface area (Å²) >= 11 is 5.65. The minimum Gasteiger partial charge on any atom is -0.394 e. The number of hydrogen-bond donors (Lipinski definition) is 4. The van der Waals surface area contributed by atoms with Crippen molar-refractivity contribution in [1.29, 1.82) is 0 Å². The Morgan fingerprint density at radius 1 is 1.26 bits per heavy atom. The van der Waals surface area contributed by atoms with E-state index in [2.05, 4.69) is 30.8 Å². The summed E-state index contributed by atoms with van der Waals surface area (Å²) in [5.74, 6) is 0.546. The Hall–Kier alpha value is -1.96. The van der Waals surface area contributed by atoms with Crippen LogP contribution in [-0.2, 0) is 16.0 Å². The van der Waals surface area contributed by atoms with Gasteiger partial charge in [0.2, 0.25) is 5.95 Å². The normalized spacial score (nSPS) is 28.2. The van der Waals surface area contributed by atoms with Crippen LogP contribution in [0.25, 0.3) is 0 Å². The molecule has 1 saturated heterocycles. The Balaban J connectivity index is 1.72. The van der Waals surface area contributed by atoms with Crippen LogP contribution >= 0.6 is 11.6 Å². The lowest BCUT2D eigenvalue weighted by molar-refractivity contribution is -0.280. The molecule has 1 aliphatic rings. The number of nitrogens with one attached hydrogen (secondary N) is 1. The predicted molar refractivity (Wildman–Crippen MR) is 90.6 cm³/mol. The van der Waals surface area contributed by atoms with Gasteiger partial charge >= 0.3 is 0 Å². The molecule has 0 aromatic carbocycles. The third kappa shape index (κ3) is 4.66. The first-order valence-corrected chi connectivity index (χ1v) is 8.75. The fourth-order valence-corrected chi connectivity index (χ4v) is 2.77. The summed E-state index contributed by atoms with van der Waals surface area (Å²) in [5, 5.41) is 48.4. The fourth-order valence-electron chi connectivity index (χ4n) is 2.69. The van der Waals surface area contributed by atoms with Crippen molar-refractivity contribution >= 4 is 17.5 Å². The number of aromatic nitrogens is 6. The highest BCUT2D eigenvalue weighted by Gasteiger charge is 2.46. The van der Waals surface area contributed by atoms with Crippen LogP contribution in [0.15, 0.2) is 18.6 Å². The number of aliphatic hydroxyl groups is 3. The zero-order valence-corrected chi connectivity index (χ0v) is 14.9. The summed E-state index contributed by atoms with van der Waals surface area (Å²) in [6.45, 7) is -0.0428. The van der Waals surface area contributed by atoms with Gasteiger partial charge in [0.15, 0.2) is 6.29 Å². The molecule has 1 fully saturated rings. The molecule has 3 unspecified atom stereocenters. The molecule has 13 heteroatoms. The van der Waals surface area contributed by atoms with Gasteiger partial charge in [-0.3, -0.25) is 0 Å². The quantitative estimate of drug-likeness (QED) is 0.373. The van der Waals surface area contributed by atoms with E-state index in [-0.39, 0.29) is 19.0 Å². The molecule has 0 spiro atoms. The summed E-state index contributed by atoms with van der Waals surface area (Å²) in [6.07, 6.45) is -0.0282. The zero-order valence-electron chi connectivity index (χ0n) is 14.2.